The van der Waals surface area contributed by atoms with Crippen molar-refractivity contribution in [2.24, 2.45) is 0 Å². The molecule has 0 aliphatic carbocycles. The van der Waals surface area contributed by atoms with E-state index in [1.54, 1.807) is 12.4 Å². The number of hydrogen-bond acceptors (Lipinski definition) is 5. The van der Waals surface area contributed by atoms with Crippen molar-refractivity contribution in [3.05, 3.63) is 66.2 Å². The first-order chi connectivity index (χ1) is 13.6. The molecule has 0 saturated carbocycles. The zero-order valence-corrected chi connectivity index (χ0v) is 15.4. The molecule has 7 nitrogen and oxygen atoms in total. The largest absolute Gasteiger partial charge is 0.445 e. The van der Waals surface area contributed by atoms with Crippen LogP contribution in [0.4, 0.5) is 4.79 Å². The molecule has 2 aromatic heterocycles. The molecule has 2 aliphatic rings. The van der Waals surface area contributed by atoms with Crippen molar-refractivity contribution in [2.45, 2.75) is 50.0 Å². The predicted octanol–water partition coefficient (Wildman–Crippen LogP) is 2.88. The number of carbonyl (C=O) groups is 1. The van der Waals surface area contributed by atoms with Gasteiger partial charge in [0.05, 0.1) is 11.9 Å². The van der Waals surface area contributed by atoms with Crippen LogP contribution in [0.15, 0.2) is 55.0 Å². The van der Waals surface area contributed by atoms with E-state index in [4.69, 9.17) is 4.74 Å². The van der Waals surface area contributed by atoms with Crippen LogP contribution >= 0.6 is 0 Å². The second kappa shape index (κ2) is 6.60. The quantitative estimate of drug-likeness (QED) is 0.758. The van der Waals surface area contributed by atoms with Crippen LogP contribution in [0, 0.1) is 0 Å². The molecule has 2 atom stereocenters. The Morgan fingerprint density at radius 2 is 1.89 bits per heavy atom. The number of ether oxygens (including phenoxy) is 1. The third-order valence-electron chi connectivity index (χ3n) is 5.95. The minimum atomic E-state index is -1.02. The normalized spacial score (nSPS) is 26.5. The number of aliphatic hydroxyl groups is 1. The molecule has 2 saturated heterocycles. The second-order valence-electron chi connectivity index (χ2n) is 7.71. The Labute approximate surface area is 162 Å². The Kier molecular flexibility index (Phi) is 4.05. The highest BCUT2D eigenvalue weighted by Crippen LogP contribution is 2.46. The molecule has 2 aliphatic heterocycles. The molecule has 0 spiro atoms. The van der Waals surface area contributed by atoms with Gasteiger partial charge in [-0.3, -0.25) is 4.40 Å². The maximum Gasteiger partial charge on any atom is 0.410 e. The number of hydrogen-bond donors (Lipinski definition) is 1. The van der Waals surface area contributed by atoms with E-state index in [9.17, 15) is 9.90 Å². The number of imidazole rings is 1. The molecule has 4 heterocycles. The molecule has 1 amide bonds. The van der Waals surface area contributed by atoms with E-state index in [1.807, 2.05) is 51.9 Å². The van der Waals surface area contributed by atoms with Gasteiger partial charge < -0.3 is 14.7 Å². The predicted molar refractivity (Wildman–Crippen MR) is 101 cm³/mol. The standard InChI is InChI=1S/C21H22N4O3/c26-20(28-14-15-5-2-1-3-6-15)25-16-7-8-17(25)12-21(27,11-16)18-13-23-19-22-9-4-10-24(18)19/h1-6,9-10,13,16-17,27H,7-8,11-12,14H2. The molecule has 28 heavy (non-hydrogen) atoms. The zero-order valence-electron chi connectivity index (χ0n) is 15.4. The van der Waals surface area contributed by atoms with Crippen molar-refractivity contribution in [3.8, 4) is 0 Å². The highest BCUT2D eigenvalue weighted by Gasteiger charge is 2.51. The summed E-state index contributed by atoms with van der Waals surface area (Å²) < 4.78 is 7.39. The molecule has 1 aromatic carbocycles. The number of benzene rings is 1. The summed E-state index contributed by atoms with van der Waals surface area (Å²) in [5.74, 6) is 0.572. The smallest absolute Gasteiger partial charge is 0.410 e. The van der Waals surface area contributed by atoms with Gasteiger partial charge in [-0.1, -0.05) is 30.3 Å². The molecule has 7 heteroatoms. The van der Waals surface area contributed by atoms with Crippen LogP contribution < -0.4 is 0 Å². The van der Waals surface area contributed by atoms with Crippen LogP contribution in [0.2, 0.25) is 0 Å². The molecule has 2 fully saturated rings. The van der Waals surface area contributed by atoms with E-state index in [0.717, 1.165) is 24.1 Å². The lowest BCUT2D eigenvalue weighted by Crippen LogP contribution is -2.52. The van der Waals surface area contributed by atoms with Gasteiger partial charge in [0.15, 0.2) is 0 Å². The Bertz CT molecular complexity index is 989. The third kappa shape index (κ3) is 2.82. The SMILES string of the molecule is O=C(OCc1ccccc1)N1C2CCC1CC(O)(c1cnc3ncccn13)C2. The minimum Gasteiger partial charge on any atom is -0.445 e. The average molecular weight is 378 g/mol. The minimum absolute atomic E-state index is 0.0331. The van der Waals surface area contributed by atoms with E-state index >= 15 is 0 Å². The van der Waals surface area contributed by atoms with E-state index in [0.29, 0.717) is 18.6 Å². The summed E-state index contributed by atoms with van der Waals surface area (Å²) in [6.07, 6.45) is 7.67. The Morgan fingerprint density at radius 3 is 2.64 bits per heavy atom. The molecule has 1 N–H and O–H groups in total. The van der Waals surface area contributed by atoms with E-state index < -0.39 is 5.60 Å². The summed E-state index contributed by atoms with van der Waals surface area (Å²) in [4.78, 5) is 23.1. The van der Waals surface area contributed by atoms with Crippen LogP contribution in [0.3, 0.4) is 0 Å². The summed E-state index contributed by atoms with van der Waals surface area (Å²) in [6, 6.07) is 11.4. The van der Waals surface area contributed by atoms with Gasteiger partial charge in [-0.25, -0.2) is 14.8 Å². The van der Waals surface area contributed by atoms with Crippen molar-refractivity contribution >= 4 is 11.9 Å². The maximum absolute atomic E-state index is 12.7. The first kappa shape index (κ1) is 17.2. The number of aromatic nitrogens is 3. The van der Waals surface area contributed by atoms with Gasteiger partial charge in [-0.2, -0.15) is 0 Å². The molecule has 2 bridgehead atoms. The Morgan fingerprint density at radius 1 is 1.14 bits per heavy atom. The van der Waals surface area contributed by atoms with E-state index in [1.165, 1.54) is 0 Å². The van der Waals surface area contributed by atoms with Gasteiger partial charge in [0.1, 0.15) is 12.2 Å². The molecule has 2 unspecified atom stereocenters. The number of fused-ring (bicyclic) bond motifs is 3. The first-order valence-electron chi connectivity index (χ1n) is 9.64. The van der Waals surface area contributed by atoms with E-state index in [2.05, 4.69) is 9.97 Å². The summed E-state index contributed by atoms with van der Waals surface area (Å²) in [7, 11) is 0. The first-order valence-corrected chi connectivity index (χ1v) is 9.64. The zero-order chi connectivity index (χ0) is 19.1. The van der Waals surface area contributed by atoms with Crippen molar-refractivity contribution < 1.29 is 14.6 Å². The Balaban J connectivity index is 1.34. The maximum atomic E-state index is 12.7. The van der Waals surface area contributed by atoms with E-state index in [-0.39, 0.29) is 24.8 Å². The van der Waals surface area contributed by atoms with Crippen molar-refractivity contribution in [3.63, 3.8) is 0 Å². The highest BCUT2D eigenvalue weighted by molar-refractivity contribution is 5.69. The number of amides is 1. The topological polar surface area (TPSA) is 80.0 Å². The molecule has 144 valence electrons. The molecule has 3 aromatic rings. The summed E-state index contributed by atoms with van der Waals surface area (Å²) in [5, 5.41) is 11.5. The molecule has 5 rings (SSSR count). The van der Waals surface area contributed by atoms with Crippen LogP contribution in [0.1, 0.15) is 36.9 Å². The lowest BCUT2D eigenvalue weighted by atomic mass is 9.84. The van der Waals surface area contributed by atoms with Crippen LogP contribution in [0.5, 0.6) is 0 Å². The number of carbonyl (C=O) groups excluding carboxylic acids is 1. The fraction of sp³-hybridized carbons (Fsp3) is 0.381. The third-order valence-corrected chi connectivity index (χ3v) is 5.95. The van der Waals surface area contributed by atoms with Gasteiger partial charge in [0, 0.05) is 37.3 Å². The molecule has 0 radical (unpaired) electrons. The summed E-state index contributed by atoms with van der Waals surface area (Å²) >= 11 is 0. The lowest BCUT2D eigenvalue weighted by molar-refractivity contribution is -0.0569. The molecular formula is C21H22N4O3. The average Bonchev–Trinajstić information content (AvgIpc) is 3.27. The van der Waals surface area contributed by atoms with Gasteiger partial charge in [-0.05, 0) is 24.5 Å². The van der Waals surface area contributed by atoms with Crippen molar-refractivity contribution in [1.82, 2.24) is 19.3 Å². The number of piperidine rings is 1. The van der Waals surface area contributed by atoms with Crippen molar-refractivity contribution in [1.29, 1.82) is 0 Å². The fourth-order valence-corrected chi connectivity index (χ4v) is 4.70. The van der Waals surface area contributed by atoms with Gasteiger partial charge >= 0.3 is 6.09 Å². The fourth-order valence-electron chi connectivity index (χ4n) is 4.70. The summed E-state index contributed by atoms with van der Waals surface area (Å²) in [6.45, 7) is 0.263. The highest BCUT2D eigenvalue weighted by atomic mass is 16.6. The van der Waals surface area contributed by atoms with Gasteiger partial charge in [0.2, 0.25) is 5.78 Å². The van der Waals surface area contributed by atoms with Gasteiger partial charge in [-0.15, -0.1) is 0 Å². The van der Waals surface area contributed by atoms with Gasteiger partial charge in [0.25, 0.3) is 0 Å². The summed E-state index contributed by atoms with van der Waals surface area (Å²) in [5.41, 5.74) is 0.685. The van der Waals surface area contributed by atoms with Crippen LogP contribution in [-0.2, 0) is 16.9 Å². The Hall–Kier alpha value is -2.93. The lowest BCUT2D eigenvalue weighted by Gasteiger charge is -2.42. The molecular weight excluding hydrogens is 356 g/mol. The van der Waals surface area contributed by atoms with Crippen LogP contribution in [0.25, 0.3) is 5.78 Å². The van der Waals surface area contributed by atoms with Crippen LogP contribution in [-0.4, -0.2) is 42.6 Å². The second-order valence-corrected chi connectivity index (χ2v) is 7.71. The number of nitrogens with zero attached hydrogens (tertiary/aromatic N) is 4. The number of rotatable bonds is 3. The monoisotopic (exact) mass is 378 g/mol. The van der Waals surface area contributed by atoms with Crippen molar-refractivity contribution in [2.75, 3.05) is 0 Å².